The average Bonchev–Trinajstić information content (AvgIpc) is 3.32. The van der Waals surface area contributed by atoms with Gasteiger partial charge in [0.25, 0.3) is 0 Å². The highest BCUT2D eigenvalue weighted by molar-refractivity contribution is 5.92. The summed E-state index contributed by atoms with van der Waals surface area (Å²) in [5.74, 6) is -0.213. The number of hydrogen-bond donors (Lipinski definition) is 2. The van der Waals surface area contributed by atoms with Crippen LogP contribution in [0.15, 0.2) is 60.8 Å². The van der Waals surface area contributed by atoms with E-state index in [1.807, 2.05) is 42.2 Å². The highest BCUT2D eigenvalue weighted by Crippen LogP contribution is 2.35. The number of piperidine rings is 2. The number of likely N-dealkylation sites (tertiary alicyclic amines) is 2. The van der Waals surface area contributed by atoms with Crippen molar-refractivity contribution in [3.63, 3.8) is 0 Å². The van der Waals surface area contributed by atoms with Crippen LogP contribution >= 0.6 is 0 Å². The van der Waals surface area contributed by atoms with Crippen molar-refractivity contribution in [1.29, 1.82) is 0 Å². The predicted molar refractivity (Wildman–Crippen MR) is 143 cm³/mol. The predicted octanol–water partition coefficient (Wildman–Crippen LogP) is 5.06. The lowest BCUT2D eigenvalue weighted by Gasteiger charge is -2.41. The maximum absolute atomic E-state index is 12.7. The van der Waals surface area contributed by atoms with Crippen LogP contribution in [0.5, 0.6) is 0 Å². The van der Waals surface area contributed by atoms with Gasteiger partial charge in [0.1, 0.15) is 6.04 Å². The van der Waals surface area contributed by atoms with Gasteiger partial charge >= 0.3 is 5.97 Å². The molecule has 188 valence electrons. The first kappa shape index (κ1) is 24.3. The van der Waals surface area contributed by atoms with Crippen molar-refractivity contribution in [2.24, 2.45) is 5.92 Å². The number of benzene rings is 2. The zero-order valence-corrected chi connectivity index (χ0v) is 20.9. The molecule has 1 atom stereocenters. The molecule has 2 fully saturated rings. The van der Waals surface area contributed by atoms with Gasteiger partial charge in [0, 0.05) is 36.3 Å². The summed E-state index contributed by atoms with van der Waals surface area (Å²) >= 11 is 0. The summed E-state index contributed by atoms with van der Waals surface area (Å²) in [6, 6.07) is 16.0. The van der Waals surface area contributed by atoms with Crippen molar-refractivity contribution < 1.29 is 14.7 Å². The zero-order valence-electron chi connectivity index (χ0n) is 20.9. The van der Waals surface area contributed by atoms with E-state index < -0.39 is 12.0 Å². The number of aliphatic carboxylic acids is 1. The van der Waals surface area contributed by atoms with E-state index >= 15 is 0 Å². The van der Waals surface area contributed by atoms with Crippen molar-refractivity contribution in [2.75, 3.05) is 26.2 Å². The Morgan fingerprint density at radius 3 is 2.47 bits per heavy atom. The summed E-state index contributed by atoms with van der Waals surface area (Å²) in [5.41, 5.74) is 4.69. The SMILES string of the molecule is Cc1cccc(/C=C/C(=O)N2CCC(C(C(=O)O)N3CCC(c4c[nH]c5ccccc45)CC3)CC2)c1. The summed E-state index contributed by atoms with van der Waals surface area (Å²) in [6.07, 6.45) is 9.00. The van der Waals surface area contributed by atoms with Gasteiger partial charge in [-0.1, -0.05) is 48.0 Å². The molecule has 1 unspecified atom stereocenters. The maximum atomic E-state index is 12.7. The fourth-order valence-electron chi connectivity index (χ4n) is 6.06. The van der Waals surface area contributed by atoms with Crippen molar-refractivity contribution >= 4 is 28.9 Å². The van der Waals surface area contributed by atoms with Gasteiger partial charge in [-0.3, -0.25) is 14.5 Å². The van der Waals surface area contributed by atoms with Crippen LogP contribution in [0.3, 0.4) is 0 Å². The van der Waals surface area contributed by atoms with Gasteiger partial charge in [0.15, 0.2) is 0 Å². The Morgan fingerprint density at radius 2 is 1.75 bits per heavy atom. The van der Waals surface area contributed by atoms with Gasteiger partial charge in [-0.2, -0.15) is 0 Å². The van der Waals surface area contributed by atoms with Crippen LogP contribution in [0.2, 0.25) is 0 Å². The monoisotopic (exact) mass is 485 g/mol. The highest BCUT2D eigenvalue weighted by Gasteiger charge is 2.38. The van der Waals surface area contributed by atoms with Crippen molar-refractivity contribution in [1.82, 2.24) is 14.8 Å². The molecule has 1 amide bonds. The van der Waals surface area contributed by atoms with E-state index in [1.165, 1.54) is 10.9 Å². The van der Waals surface area contributed by atoms with E-state index in [9.17, 15) is 14.7 Å². The number of carbonyl (C=O) groups excluding carboxylic acids is 1. The van der Waals surface area contributed by atoms with Gasteiger partial charge in [0.05, 0.1) is 0 Å². The molecule has 6 heteroatoms. The number of amides is 1. The summed E-state index contributed by atoms with van der Waals surface area (Å²) < 4.78 is 0. The van der Waals surface area contributed by atoms with Crippen molar-refractivity contribution in [2.45, 2.75) is 44.6 Å². The Labute approximate surface area is 212 Å². The van der Waals surface area contributed by atoms with Crippen LogP contribution in [0.4, 0.5) is 0 Å². The van der Waals surface area contributed by atoms with E-state index in [-0.39, 0.29) is 11.8 Å². The molecular formula is C30H35N3O3. The number of carbonyl (C=O) groups is 2. The lowest BCUT2D eigenvalue weighted by molar-refractivity contribution is -0.147. The molecule has 2 saturated heterocycles. The summed E-state index contributed by atoms with van der Waals surface area (Å²) in [6.45, 7) is 4.83. The number of fused-ring (bicyclic) bond motifs is 1. The Morgan fingerprint density at radius 1 is 1.00 bits per heavy atom. The van der Waals surface area contributed by atoms with E-state index in [4.69, 9.17) is 0 Å². The Bertz CT molecular complexity index is 1250. The second-order valence-corrected chi connectivity index (χ2v) is 10.3. The Balaban J connectivity index is 1.17. The molecule has 3 aromatic rings. The van der Waals surface area contributed by atoms with Crippen molar-refractivity contribution in [3.8, 4) is 0 Å². The molecule has 3 heterocycles. The van der Waals surface area contributed by atoms with Crippen LogP contribution in [0, 0.1) is 12.8 Å². The quantitative estimate of drug-likeness (QED) is 0.479. The van der Waals surface area contributed by atoms with Gasteiger partial charge < -0.3 is 15.0 Å². The molecule has 0 saturated carbocycles. The smallest absolute Gasteiger partial charge is 0.321 e. The number of nitrogens with one attached hydrogen (secondary N) is 1. The van der Waals surface area contributed by atoms with Gasteiger partial charge in [-0.15, -0.1) is 0 Å². The topological polar surface area (TPSA) is 76.6 Å². The second kappa shape index (κ2) is 10.7. The summed E-state index contributed by atoms with van der Waals surface area (Å²) in [4.78, 5) is 32.5. The number of aromatic amines is 1. The third-order valence-electron chi connectivity index (χ3n) is 8.00. The molecule has 2 aliphatic rings. The zero-order chi connectivity index (χ0) is 25.1. The summed E-state index contributed by atoms with van der Waals surface area (Å²) in [7, 11) is 0. The Hall–Kier alpha value is -3.38. The third-order valence-corrected chi connectivity index (χ3v) is 8.00. The fraction of sp³-hybridized carbons (Fsp3) is 0.400. The minimum absolute atomic E-state index is 0.00127. The molecule has 0 spiro atoms. The Kier molecular flexibility index (Phi) is 7.23. The van der Waals surface area contributed by atoms with Crippen LogP contribution in [0.25, 0.3) is 17.0 Å². The minimum Gasteiger partial charge on any atom is -0.480 e. The molecule has 2 aromatic carbocycles. The lowest BCUT2D eigenvalue weighted by Crippen LogP contribution is -2.52. The van der Waals surface area contributed by atoms with Gasteiger partial charge in [0.2, 0.25) is 5.91 Å². The number of carboxylic acids is 1. The van der Waals surface area contributed by atoms with E-state index in [0.29, 0.717) is 19.0 Å². The molecule has 0 radical (unpaired) electrons. The number of para-hydroxylation sites is 1. The molecule has 2 aliphatic heterocycles. The molecule has 2 N–H and O–H groups in total. The number of rotatable bonds is 6. The average molecular weight is 486 g/mol. The first-order valence-corrected chi connectivity index (χ1v) is 13.1. The van der Waals surface area contributed by atoms with E-state index in [2.05, 4.69) is 40.3 Å². The number of nitrogens with zero attached hydrogens (tertiary/aromatic N) is 2. The lowest BCUT2D eigenvalue weighted by atomic mass is 9.84. The minimum atomic E-state index is -0.732. The van der Waals surface area contributed by atoms with Crippen LogP contribution in [-0.4, -0.2) is 64.0 Å². The first-order valence-electron chi connectivity index (χ1n) is 13.1. The number of carboxylic acid groups (broad SMARTS) is 1. The standard InChI is InChI=1S/C30H35N3O3/c1-21-5-4-6-22(19-21)9-10-28(34)32-15-13-24(14-16-32)29(30(35)36)33-17-11-23(12-18-33)26-20-31-27-8-3-2-7-25(26)27/h2-10,19-20,23-24,29,31H,11-18H2,1H3,(H,35,36)/b10-9+. The van der Waals surface area contributed by atoms with Crippen molar-refractivity contribution in [3.05, 3.63) is 77.5 Å². The molecule has 6 nitrogen and oxygen atoms in total. The maximum Gasteiger partial charge on any atom is 0.321 e. The molecule has 0 aliphatic carbocycles. The van der Waals surface area contributed by atoms with Gasteiger partial charge in [-0.05, 0) is 80.8 Å². The van der Waals surface area contributed by atoms with Gasteiger partial charge in [-0.25, -0.2) is 0 Å². The fourth-order valence-corrected chi connectivity index (χ4v) is 6.06. The van der Waals surface area contributed by atoms with Crippen LogP contribution in [-0.2, 0) is 9.59 Å². The third kappa shape index (κ3) is 5.24. The first-order chi connectivity index (χ1) is 17.5. The summed E-state index contributed by atoms with van der Waals surface area (Å²) in [5, 5.41) is 11.4. The van der Waals surface area contributed by atoms with E-state index in [1.54, 1.807) is 6.08 Å². The number of hydrogen-bond acceptors (Lipinski definition) is 3. The molecule has 36 heavy (non-hydrogen) atoms. The normalized spacial score (nSPS) is 19.2. The molecule has 1 aromatic heterocycles. The number of aromatic nitrogens is 1. The highest BCUT2D eigenvalue weighted by atomic mass is 16.4. The molecule has 5 rings (SSSR count). The van der Waals surface area contributed by atoms with E-state index in [0.717, 1.165) is 55.4 Å². The number of H-pyrrole nitrogens is 1. The largest absolute Gasteiger partial charge is 0.480 e. The molecule has 0 bridgehead atoms. The van der Waals surface area contributed by atoms with Crippen LogP contribution in [0.1, 0.15) is 48.3 Å². The van der Waals surface area contributed by atoms with Crippen LogP contribution < -0.4 is 0 Å². The molecular weight excluding hydrogens is 450 g/mol. The number of aryl methyl sites for hydroxylation is 1. The second-order valence-electron chi connectivity index (χ2n) is 10.3.